The molecule has 0 unspecified atom stereocenters. The van der Waals surface area contributed by atoms with Crippen molar-refractivity contribution in [1.82, 2.24) is 0 Å². The van der Waals surface area contributed by atoms with Gasteiger partial charge in [-0.3, -0.25) is 0 Å². The van der Waals surface area contributed by atoms with E-state index in [9.17, 15) is 9.90 Å². The monoisotopic (exact) mass is 311 g/mol. The number of aromatic carboxylic acids is 1. The lowest BCUT2D eigenvalue weighted by molar-refractivity contribution is 0.0699. The average Bonchev–Trinajstić information content (AvgIpc) is 2.55. The maximum Gasteiger partial charge on any atom is 0.339 e. The Bertz CT molecular complexity index is 575. The van der Waals surface area contributed by atoms with Crippen molar-refractivity contribution in [1.29, 1.82) is 0 Å². The summed E-state index contributed by atoms with van der Waals surface area (Å²) in [6, 6.07) is 7.53. The van der Waals surface area contributed by atoms with Crippen LogP contribution < -0.4 is 5.73 Å². The summed E-state index contributed by atoms with van der Waals surface area (Å²) in [6.45, 7) is 1.88. The van der Waals surface area contributed by atoms with Crippen molar-refractivity contribution < 1.29 is 9.90 Å². The predicted octanol–water partition coefficient (Wildman–Crippen LogP) is 3.77. The van der Waals surface area contributed by atoms with Crippen molar-refractivity contribution >= 4 is 38.2 Å². The van der Waals surface area contributed by atoms with Gasteiger partial charge in [-0.2, -0.15) is 0 Å². The van der Waals surface area contributed by atoms with Gasteiger partial charge in [0, 0.05) is 14.9 Å². The highest BCUT2D eigenvalue weighted by atomic mass is 79.9. The zero-order chi connectivity index (χ0) is 12.6. The number of thiophene rings is 1. The van der Waals surface area contributed by atoms with Crippen LogP contribution in [0.5, 0.6) is 0 Å². The van der Waals surface area contributed by atoms with E-state index >= 15 is 0 Å². The molecule has 5 heteroatoms. The first-order valence-electron chi connectivity index (χ1n) is 4.89. The molecular formula is C12H10BrNO2S. The van der Waals surface area contributed by atoms with E-state index < -0.39 is 5.97 Å². The van der Waals surface area contributed by atoms with Crippen molar-refractivity contribution in [3.8, 4) is 11.1 Å². The zero-order valence-corrected chi connectivity index (χ0v) is 11.4. The molecule has 0 saturated carbocycles. The van der Waals surface area contributed by atoms with Crippen LogP contribution >= 0.6 is 27.3 Å². The van der Waals surface area contributed by atoms with E-state index in [2.05, 4.69) is 15.9 Å². The van der Waals surface area contributed by atoms with E-state index in [1.807, 2.05) is 31.2 Å². The third-order valence-electron chi connectivity index (χ3n) is 2.46. The van der Waals surface area contributed by atoms with Crippen LogP contribution in [0.2, 0.25) is 0 Å². The first-order chi connectivity index (χ1) is 8.00. The van der Waals surface area contributed by atoms with Crippen LogP contribution in [0.3, 0.4) is 0 Å². The highest BCUT2D eigenvalue weighted by Crippen LogP contribution is 2.38. The lowest BCUT2D eigenvalue weighted by atomic mass is 10.0. The summed E-state index contributed by atoms with van der Waals surface area (Å²) < 4.78 is 0.957. The molecule has 88 valence electrons. The van der Waals surface area contributed by atoms with Gasteiger partial charge in [-0.15, -0.1) is 11.3 Å². The summed E-state index contributed by atoms with van der Waals surface area (Å²) in [4.78, 5) is 12.1. The number of nitrogens with two attached hydrogens (primary N) is 1. The van der Waals surface area contributed by atoms with Crippen LogP contribution in [0.4, 0.5) is 5.00 Å². The second-order valence-corrected chi connectivity index (χ2v) is 5.76. The molecule has 2 rings (SSSR count). The number of hydrogen-bond acceptors (Lipinski definition) is 3. The van der Waals surface area contributed by atoms with Crippen LogP contribution in [-0.4, -0.2) is 11.1 Å². The van der Waals surface area contributed by atoms with Gasteiger partial charge in [-0.1, -0.05) is 28.1 Å². The number of rotatable bonds is 2. The topological polar surface area (TPSA) is 63.3 Å². The van der Waals surface area contributed by atoms with Gasteiger partial charge < -0.3 is 10.8 Å². The minimum absolute atomic E-state index is 0.204. The Balaban J connectivity index is 2.66. The maximum absolute atomic E-state index is 11.2. The van der Waals surface area contributed by atoms with Gasteiger partial charge in [-0.25, -0.2) is 4.79 Å². The van der Waals surface area contributed by atoms with E-state index in [-0.39, 0.29) is 5.56 Å². The van der Waals surface area contributed by atoms with Crippen LogP contribution in [0.1, 0.15) is 15.2 Å². The molecule has 0 atom stereocenters. The van der Waals surface area contributed by atoms with Gasteiger partial charge in [0.25, 0.3) is 0 Å². The number of aryl methyl sites for hydroxylation is 1. The second kappa shape index (κ2) is 4.50. The summed E-state index contributed by atoms with van der Waals surface area (Å²) in [6.07, 6.45) is 0. The standard InChI is InChI=1S/C12H10BrNO2S/c1-6-9(7-2-4-8(13)5-3-7)10(12(15)16)11(14)17-6/h2-5H,14H2,1H3,(H,15,16). The number of carbonyl (C=O) groups is 1. The third kappa shape index (κ3) is 2.21. The molecule has 3 nitrogen and oxygen atoms in total. The molecule has 3 N–H and O–H groups in total. The number of hydrogen-bond donors (Lipinski definition) is 2. The molecule has 17 heavy (non-hydrogen) atoms. The van der Waals surface area contributed by atoms with Crippen molar-refractivity contribution in [3.05, 3.63) is 39.2 Å². The van der Waals surface area contributed by atoms with Crippen molar-refractivity contribution in [2.75, 3.05) is 5.73 Å². The van der Waals surface area contributed by atoms with E-state index in [1.54, 1.807) is 0 Å². The Labute approximate surface area is 111 Å². The molecule has 0 aliphatic carbocycles. The van der Waals surface area contributed by atoms with Gasteiger partial charge >= 0.3 is 5.97 Å². The van der Waals surface area contributed by atoms with Crippen LogP contribution in [0, 0.1) is 6.92 Å². The molecule has 0 saturated heterocycles. The number of carboxylic acid groups (broad SMARTS) is 1. The molecule has 0 spiro atoms. The van der Waals surface area contributed by atoms with E-state index in [1.165, 1.54) is 11.3 Å². The number of benzene rings is 1. The summed E-state index contributed by atoms with van der Waals surface area (Å²) in [5.41, 5.74) is 7.53. The van der Waals surface area contributed by atoms with Crippen LogP contribution in [-0.2, 0) is 0 Å². The largest absolute Gasteiger partial charge is 0.478 e. The van der Waals surface area contributed by atoms with E-state index in [4.69, 9.17) is 5.73 Å². The van der Waals surface area contributed by atoms with Gasteiger partial charge in [0.2, 0.25) is 0 Å². The molecule has 0 radical (unpaired) electrons. The van der Waals surface area contributed by atoms with Crippen LogP contribution in [0.15, 0.2) is 28.7 Å². The normalized spacial score (nSPS) is 10.5. The molecule has 0 fully saturated rings. The lowest BCUT2D eigenvalue weighted by Crippen LogP contribution is -2.00. The fourth-order valence-electron chi connectivity index (χ4n) is 1.74. The molecule has 1 heterocycles. The SMILES string of the molecule is Cc1sc(N)c(C(=O)O)c1-c1ccc(Br)cc1. The van der Waals surface area contributed by atoms with Gasteiger partial charge in [0.15, 0.2) is 0 Å². The average molecular weight is 312 g/mol. The molecule has 1 aromatic heterocycles. The summed E-state index contributed by atoms with van der Waals surface area (Å²) >= 11 is 4.66. The van der Waals surface area contributed by atoms with Crippen molar-refractivity contribution in [3.63, 3.8) is 0 Å². The Kier molecular flexibility index (Phi) is 3.22. The summed E-state index contributed by atoms with van der Waals surface area (Å²) in [5, 5.41) is 9.55. The maximum atomic E-state index is 11.2. The quantitative estimate of drug-likeness (QED) is 0.887. The van der Waals surface area contributed by atoms with Gasteiger partial charge in [-0.05, 0) is 24.6 Å². The number of nitrogen functional groups attached to an aromatic ring is 1. The molecule has 2 aromatic rings. The number of halogens is 1. The fraction of sp³-hybridized carbons (Fsp3) is 0.0833. The Morgan fingerprint density at radius 3 is 2.47 bits per heavy atom. The second-order valence-electron chi connectivity index (χ2n) is 3.58. The van der Waals surface area contributed by atoms with Crippen molar-refractivity contribution in [2.24, 2.45) is 0 Å². The molecule has 0 aliphatic rings. The molecule has 0 amide bonds. The Hall–Kier alpha value is -1.33. The number of carboxylic acids is 1. The predicted molar refractivity (Wildman–Crippen MR) is 73.6 cm³/mol. The Morgan fingerprint density at radius 1 is 1.35 bits per heavy atom. The first kappa shape index (κ1) is 12.1. The van der Waals surface area contributed by atoms with E-state index in [0.717, 1.165) is 14.9 Å². The highest BCUT2D eigenvalue weighted by Gasteiger charge is 2.20. The summed E-state index contributed by atoms with van der Waals surface area (Å²) in [7, 11) is 0. The summed E-state index contributed by atoms with van der Waals surface area (Å²) in [5.74, 6) is -0.982. The first-order valence-corrected chi connectivity index (χ1v) is 6.49. The minimum atomic E-state index is -0.982. The lowest BCUT2D eigenvalue weighted by Gasteiger charge is -2.03. The molecule has 0 bridgehead atoms. The van der Waals surface area contributed by atoms with Gasteiger partial charge in [0.05, 0.1) is 0 Å². The molecule has 1 aromatic carbocycles. The van der Waals surface area contributed by atoms with Crippen molar-refractivity contribution in [2.45, 2.75) is 6.92 Å². The smallest absolute Gasteiger partial charge is 0.339 e. The zero-order valence-electron chi connectivity index (χ0n) is 9.03. The minimum Gasteiger partial charge on any atom is -0.478 e. The van der Waals surface area contributed by atoms with Crippen LogP contribution in [0.25, 0.3) is 11.1 Å². The molecule has 0 aliphatic heterocycles. The van der Waals surface area contributed by atoms with Gasteiger partial charge in [0.1, 0.15) is 10.6 Å². The Morgan fingerprint density at radius 2 is 1.94 bits per heavy atom. The van der Waals surface area contributed by atoms with E-state index in [0.29, 0.717) is 10.6 Å². The third-order valence-corrected chi connectivity index (χ3v) is 3.92. The highest BCUT2D eigenvalue weighted by molar-refractivity contribution is 9.10. The fourth-order valence-corrected chi connectivity index (χ4v) is 2.95. The molecular weight excluding hydrogens is 302 g/mol. The number of anilines is 1.